The van der Waals surface area contributed by atoms with E-state index in [2.05, 4.69) is 5.32 Å². The van der Waals surface area contributed by atoms with Gasteiger partial charge in [-0.1, -0.05) is 29.8 Å². The zero-order chi connectivity index (χ0) is 14.8. The van der Waals surface area contributed by atoms with Crippen molar-refractivity contribution < 1.29 is 9.18 Å². The summed E-state index contributed by atoms with van der Waals surface area (Å²) in [5.41, 5.74) is 3.54. The molecule has 0 saturated carbocycles. The molecule has 1 aliphatic rings. The lowest BCUT2D eigenvalue weighted by atomic mass is 9.91. The van der Waals surface area contributed by atoms with Crippen LogP contribution in [0.25, 0.3) is 0 Å². The summed E-state index contributed by atoms with van der Waals surface area (Å²) >= 11 is 6.04. The number of ketones is 1. The molecule has 0 spiro atoms. The van der Waals surface area contributed by atoms with Crippen LogP contribution in [0.2, 0.25) is 5.02 Å². The number of hydrogen-bond donors (Lipinski definition) is 1. The highest BCUT2D eigenvalue weighted by Gasteiger charge is 2.18. The van der Waals surface area contributed by atoms with Gasteiger partial charge in [-0.05, 0) is 47.9 Å². The van der Waals surface area contributed by atoms with Crippen LogP contribution in [0.5, 0.6) is 0 Å². The number of hydrogen-bond acceptors (Lipinski definition) is 2. The van der Waals surface area contributed by atoms with Gasteiger partial charge in [0, 0.05) is 23.6 Å². The number of benzene rings is 2. The average Bonchev–Trinajstić information content (AvgIpc) is 2.50. The molecule has 21 heavy (non-hydrogen) atoms. The Morgan fingerprint density at radius 3 is 3.00 bits per heavy atom. The van der Waals surface area contributed by atoms with Crippen LogP contribution >= 0.6 is 11.6 Å². The van der Waals surface area contributed by atoms with E-state index in [9.17, 15) is 9.18 Å². The van der Waals surface area contributed by atoms with Crippen LogP contribution in [0.1, 0.15) is 27.0 Å². The molecule has 0 unspecified atom stereocenters. The number of Topliss-reactive ketones (excluding diaryl/α,β-unsaturated/α-hetero) is 1. The minimum Gasteiger partial charge on any atom is -0.312 e. The van der Waals surface area contributed by atoms with Crippen LogP contribution in [-0.4, -0.2) is 12.3 Å². The predicted octanol–water partition coefficient (Wildman–Crippen LogP) is 3.55. The highest BCUT2D eigenvalue weighted by Crippen LogP contribution is 2.23. The molecule has 2 aromatic carbocycles. The van der Waals surface area contributed by atoms with Crippen LogP contribution < -0.4 is 5.32 Å². The molecule has 0 aromatic heterocycles. The summed E-state index contributed by atoms with van der Waals surface area (Å²) in [6.07, 6.45) is 0.967. The van der Waals surface area contributed by atoms with Gasteiger partial charge in [0.1, 0.15) is 5.82 Å². The Morgan fingerprint density at radius 2 is 2.14 bits per heavy atom. The van der Waals surface area contributed by atoms with Crippen molar-refractivity contribution in [3.8, 4) is 0 Å². The maximum atomic E-state index is 13.3. The summed E-state index contributed by atoms with van der Waals surface area (Å²) in [6, 6.07) is 9.90. The fraction of sp³-hybridized carbons (Fsp3) is 0.235. The number of halogens is 2. The molecule has 0 atom stereocenters. The van der Waals surface area contributed by atoms with E-state index >= 15 is 0 Å². The molecule has 0 bridgehead atoms. The molecular weight excluding hydrogens is 289 g/mol. The molecule has 0 saturated heterocycles. The predicted molar refractivity (Wildman–Crippen MR) is 81.3 cm³/mol. The Kier molecular flexibility index (Phi) is 4.04. The first-order valence-electron chi connectivity index (χ1n) is 6.94. The van der Waals surface area contributed by atoms with Gasteiger partial charge in [-0.25, -0.2) is 4.39 Å². The number of rotatable bonds is 3. The van der Waals surface area contributed by atoms with Crippen LogP contribution in [0.4, 0.5) is 4.39 Å². The second-order valence-corrected chi connectivity index (χ2v) is 5.61. The maximum absolute atomic E-state index is 13.3. The average molecular weight is 304 g/mol. The maximum Gasteiger partial charge on any atom is 0.167 e. The Bertz CT molecular complexity index is 699. The highest BCUT2D eigenvalue weighted by atomic mass is 35.5. The van der Waals surface area contributed by atoms with Gasteiger partial charge >= 0.3 is 0 Å². The zero-order valence-electron chi connectivity index (χ0n) is 11.5. The van der Waals surface area contributed by atoms with E-state index in [0.717, 1.165) is 36.2 Å². The topological polar surface area (TPSA) is 29.1 Å². The van der Waals surface area contributed by atoms with Gasteiger partial charge in [-0.2, -0.15) is 0 Å². The molecule has 0 radical (unpaired) electrons. The molecule has 0 aliphatic carbocycles. The third-order valence-electron chi connectivity index (χ3n) is 3.80. The van der Waals surface area contributed by atoms with E-state index in [1.807, 2.05) is 18.2 Å². The van der Waals surface area contributed by atoms with Crippen molar-refractivity contribution >= 4 is 17.4 Å². The van der Waals surface area contributed by atoms with Gasteiger partial charge in [0.25, 0.3) is 0 Å². The van der Waals surface area contributed by atoms with Crippen molar-refractivity contribution in [3.05, 3.63) is 69.5 Å². The summed E-state index contributed by atoms with van der Waals surface area (Å²) in [7, 11) is 0. The second kappa shape index (κ2) is 5.96. The van der Waals surface area contributed by atoms with Crippen molar-refractivity contribution in [2.45, 2.75) is 19.4 Å². The lowest BCUT2D eigenvalue weighted by Gasteiger charge is -2.19. The Morgan fingerprint density at radius 1 is 1.29 bits per heavy atom. The second-order valence-electron chi connectivity index (χ2n) is 5.21. The first kappa shape index (κ1) is 14.2. The Balaban J connectivity index is 1.91. The lowest BCUT2D eigenvalue weighted by Crippen LogP contribution is -2.25. The van der Waals surface area contributed by atoms with E-state index in [4.69, 9.17) is 11.6 Å². The molecule has 1 heterocycles. The largest absolute Gasteiger partial charge is 0.312 e. The summed E-state index contributed by atoms with van der Waals surface area (Å²) < 4.78 is 13.3. The van der Waals surface area contributed by atoms with E-state index in [0.29, 0.717) is 10.6 Å². The summed E-state index contributed by atoms with van der Waals surface area (Å²) in [5.74, 6) is -0.386. The van der Waals surface area contributed by atoms with E-state index < -0.39 is 0 Å². The zero-order valence-corrected chi connectivity index (χ0v) is 12.2. The molecule has 2 aromatic rings. The van der Waals surface area contributed by atoms with Gasteiger partial charge in [-0.3, -0.25) is 4.79 Å². The highest BCUT2D eigenvalue weighted by molar-refractivity contribution is 6.31. The number of fused-ring (bicyclic) bond motifs is 1. The number of carbonyl (C=O) groups is 1. The van der Waals surface area contributed by atoms with E-state index in [1.54, 1.807) is 0 Å². The number of carbonyl (C=O) groups excluding carboxylic acids is 1. The first-order chi connectivity index (χ1) is 10.1. The SMILES string of the molecule is O=C(Cc1cc(F)ccc1Cl)c1cccc2c1CCNC2. The summed E-state index contributed by atoms with van der Waals surface area (Å²) in [4.78, 5) is 12.5. The molecule has 1 N–H and O–H groups in total. The lowest BCUT2D eigenvalue weighted by molar-refractivity contribution is 0.0992. The van der Waals surface area contributed by atoms with Crippen LogP contribution in [0.15, 0.2) is 36.4 Å². The summed E-state index contributed by atoms with van der Waals surface area (Å²) in [5, 5.41) is 3.72. The molecule has 2 nitrogen and oxygen atoms in total. The molecule has 1 aliphatic heterocycles. The van der Waals surface area contributed by atoms with E-state index in [-0.39, 0.29) is 18.0 Å². The van der Waals surface area contributed by atoms with Crippen molar-refractivity contribution in [1.29, 1.82) is 0 Å². The monoisotopic (exact) mass is 303 g/mol. The van der Waals surface area contributed by atoms with Gasteiger partial charge in [0.2, 0.25) is 0 Å². The smallest absolute Gasteiger partial charge is 0.167 e. The molecule has 0 fully saturated rings. The first-order valence-corrected chi connectivity index (χ1v) is 7.31. The van der Waals surface area contributed by atoms with Gasteiger partial charge in [-0.15, -0.1) is 0 Å². The van der Waals surface area contributed by atoms with Crippen molar-refractivity contribution in [2.24, 2.45) is 0 Å². The molecule has 3 rings (SSSR count). The third-order valence-corrected chi connectivity index (χ3v) is 4.17. The molecular formula is C17H15ClFNO. The minimum atomic E-state index is -0.374. The fourth-order valence-corrected chi connectivity index (χ4v) is 2.92. The van der Waals surface area contributed by atoms with Crippen LogP contribution in [-0.2, 0) is 19.4 Å². The van der Waals surface area contributed by atoms with E-state index in [1.165, 1.54) is 18.2 Å². The number of nitrogens with one attached hydrogen (secondary N) is 1. The van der Waals surface area contributed by atoms with Gasteiger partial charge in [0.15, 0.2) is 5.78 Å². The van der Waals surface area contributed by atoms with Crippen molar-refractivity contribution in [3.63, 3.8) is 0 Å². The quantitative estimate of drug-likeness (QED) is 0.879. The fourth-order valence-electron chi connectivity index (χ4n) is 2.74. The standard InChI is InChI=1S/C17H15ClFNO/c18-16-5-4-13(19)8-12(16)9-17(21)15-3-1-2-11-10-20-7-6-14(11)15/h1-5,8,20H,6-7,9-10H2. The van der Waals surface area contributed by atoms with Gasteiger partial charge < -0.3 is 5.32 Å². The molecule has 0 amide bonds. The summed E-state index contributed by atoms with van der Waals surface area (Å²) in [6.45, 7) is 1.66. The van der Waals surface area contributed by atoms with Crippen molar-refractivity contribution in [2.75, 3.05) is 6.54 Å². The van der Waals surface area contributed by atoms with Crippen LogP contribution in [0.3, 0.4) is 0 Å². The van der Waals surface area contributed by atoms with Gasteiger partial charge in [0.05, 0.1) is 0 Å². The normalized spacial score (nSPS) is 13.8. The van der Waals surface area contributed by atoms with Crippen LogP contribution in [0, 0.1) is 5.82 Å². The third kappa shape index (κ3) is 2.99. The minimum absolute atomic E-state index is 0.0127. The Hall–Kier alpha value is -1.71. The van der Waals surface area contributed by atoms with Crippen molar-refractivity contribution in [1.82, 2.24) is 5.32 Å². The molecule has 4 heteroatoms. The molecule has 108 valence electrons. The Labute approximate surface area is 127 Å².